The first-order valence-corrected chi connectivity index (χ1v) is 8.65. The summed E-state index contributed by atoms with van der Waals surface area (Å²) in [6.45, 7) is 0. The van der Waals surface area contributed by atoms with Crippen LogP contribution in [0.3, 0.4) is 0 Å². The van der Waals surface area contributed by atoms with Gasteiger partial charge in [-0.3, -0.25) is 4.79 Å². The van der Waals surface area contributed by atoms with Crippen LogP contribution >= 0.6 is 35.0 Å². The van der Waals surface area contributed by atoms with Gasteiger partial charge in [0.1, 0.15) is 5.03 Å². The average Bonchev–Trinajstić information content (AvgIpc) is 2.60. The van der Waals surface area contributed by atoms with Crippen molar-refractivity contribution in [2.24, 2.45) is 0 Å². The first-order chi connectivity index (χ1) is 11.6. The molecule has 0 atom stereocenters. The summed E-state index contributed by atoms with van der Waals surface area (Å²) in [4.78, 5) is 17.9. The lowest BCUT2D eigenvalue weighted by Crippen LogP contribution is -2.14. The summed E-state index contributed by atoms with van der Waals surface area (Å²) in [6.07, 6.45) is 1.66. The molecule has 6 heteroatoms. The maximum atomic E-state index is 12.6. The van der Waals surface area contributed by atoms with Crippen molar-refractivity contribution in [2.75, 3.05) is 5.32 Å². The molecule has 0 bridgehead atoms. The van der Waals surface area contributed by atoms with Crippen LogP contribution in [-0.2, 0) is 0 Å². The number of carbonyl (C=O) groups excluding carboxylic acids is 1. The van der Waals surface area contributed by atoms with Crippen LogP contribution in [0.15, 0.2) is 76.8 Å². The molecule has 1 N–H and O–H groups in total. The van der Waals surface area contributed by atoms with Gasteiger partial charge in [-0.05, 0) is 36.4 Å². The van der Waals surface area contributed by atoms with Gasteiger partial charge < -0.3 is 5.32 Å². The van der Waals surface area contributed by atoms with E-state index in [-0.39, 0.29) is 5.91 Å². The van der Waals surface area contributed by atoms with Gasteiger partial charge in [0.25, 0.3) is 5.91 Å². The molecule has 0 fully saturated rings. The lowest BCUT2D eigenvalue weighted by molar-refractivity contribution is 0.102. The third-order valence-corrected chi connectivity index (χ3v) is 5.02. The molecule has 0 aliphatic heterocycles. The Balaban J connectivity index is 1.86. The van der Waals surface area contributed by atoms with Gasteiger partial charge in [-0.15, -0.1) is 0 Å². The highest BCUT2D eigenvalue weighted by Gasteiger charge is 2.15. The Morgan fingerprint density at radius 1 is 0.958 bits per heavy atom. The van der Waals surface area contributed by atoms with Crippen molar-refractivity contribution in [1.29, 1.82) is 0 Å². The van der Waals surface area contributed by atoms with Crippen LogP contribution in [-0.4, -0.2) is 10.9 Å². The highest BCUT2D eigenvalue weighted by atomic mass is 35.5. The molecular formula is C18H12Cl2N2OS. The summed E-state index contributed by atoms with van der Waals surface area (Å²) in [6, 6.07) is 18.3. The van der Waals surface area contributed by atoms with E-state index in [2.05, 4.69) is 10.3 Å². The van der Waals surface area contributed by atoms with Crippen molar-refractivity contribution in [1.82, 2.24) is 4.98 Å². The number of halogens is 2. The molecule has 3 nitrogen and oxygen atoms in total. The highest BCUT2D eigenvalue weighted by molar-refractivity contribution is 7.99. The summed E-state index contributed by atoms with van der Waals surface area (Å²) in [7, 11) is 0. The molecule has 1 heterocycles. The van der Waals surface area contributed by atoms with E-state index in [0.717, 1.165) is 4.90 Å². The van der Waals surface area contributed by atoms with Gasteiger partial charge in [0, 0.05) is 11.1 Å². The van der Waals surface area contributed by atoms with E-state index in [0.29, 0.717) is 26.3 Å². The number of rotatable bonds is 4. The van der Waals surface area contributed by atoms with Gasteiger partial charge in [-0.1, -0.05) is 59.2 Å². The molecule has 0 spiro atoms. The number of hydrogen-bond donors (Lipinski definition) is 1. The van der Waals surface area contributed by atoms with Crippen LogP contribution in [0.4, 0.5) is 5.69 Å². The number of amides is 1. The molecule has 0 aliphatic rings. The number of nitrogens with zero attached hydrogens (tertiary/aromatic N) is 1. The summed E-state index contributed by atoms with van der Waals surface area (Å²) >= 11 is 13.5. The zero-order valence-corrected chi connectivity index (χ0v) is 14.7. The number of benzene rings is 2. The number of carbonyl (C=O) groups is 1. The number of nitrogens with one attached hydrogen (secondary N) is 1. The molecule has 1 amide bonds. The molecule has 1 aromatic heterocycles. The number of pyridine rings is 1. The predicted molar refractivity (Wildman–Crippen MR) is 99.2 cm³/mol. The second kappa shape index (κ2) is 7.71. The fraction of sp³-hybridized carbons (Fsp3) is 0. The SMILES string of the molecule is O=C(Nc1cccc(Cl)c1Cl)c1cccnc1Sc1ccccc1. The van der Waals surface area contributed by atoms with E-state index >= 15 is 0 Å². The summed E-state index contributed by atoms with van der Waals surface area (Å²) in [5.74, 6) is -0.286. The average molecular weight is 375 g/mol. The monoisotopic (exact) mass is 374 g/mol. The smallest absolute Gasteiger partial charge is 0.258 e. The Bertz CT molecular complexity index is 872. The van der Waals surface area contributed by atoms with Gasteiger partial charge in [-0.2, -0.15) is 0 Å². The van der Waals surface area contributed by atoms with E-state index in [1.807, 2.05) is 30.3 Å². The molecule has 0 radical (unpaired) electrons. The lowest BCUT2D eigenvalue weighted by Gasteiger charge is -2.10. The van der Waals surface area contributed by atoms with Gasteiger partial charge >= 0.3 is 0 Å². The topological polar surface area (TPSA) is 42.0 Å². The van der Waals surface area contributed by atoms with Crippen LogP contribution < -0.4 is 5.32 Å². The molecule has 120 valence electrons. The molecule has 24 heavy (non-hydrogen) atoms. The first kappa shape index (κ1) is 16.8. The number of aromatic nitrogens is 1. The second-order valence-corrected chi connectivity index (χ2v) is 6.67. The highest BCUT2D eigenvalue weighted by Crippen LogP contribution is 2.32. The minimum absolute atomic E-state index is 0.286. The molecule has 3 aromatic rings. The Morgan fingerprint density at radius 2 is 1.75 bits per heavy atom. The zero-order chi connectivity index (χ0) is 16.9. The van der Waals surface area contributed by atoms with Gasteiger partial charge in [0.05, 0.1) is 21.3 Å². The van der Waals surface area contributed by atoms with E-state index in [1.54, 1.807) is 36.5 Å². The van der Waals surface area contributed by atoms with Gasteiger partial charge in [0.2, 0.25) is 0 Å². The molecular weight excluding hydrogens is 363 g/mol. The molecule has 0 unspecified atom stereocenters. The Kier molecular flexibility index (Phi) is 5.41. The van der Waals surface area contributed by atoms with E-state index in [9.17, 15) is 4.79 Å². The third kappa shape index (κ3) is 3.90. The van der Waals surface area contributed by atoms with Gasteiger partial charge in [0.15, 0.2) is 0 Å². The number of anilines is 1. The maximum absolute atomic E-state index is 12.6. The Hall–Kier alpha value is -2.01. The van der Waals surface area contributed by atoms with Crippen molar-refractivity contribution in [2.45, 2.75) is 9.92 Å². The minimum Gasteiger partial charge on any atom is -0.320 e. The maximum Gasteiger partial charge on any atom is 0.258 e. The lowest BCUT2D eigenvalue weighted by atomic mass is 10.2. The van der Waals surface area contributed by atoms with Crippen molar-refractivity contribution in [3.05, 3.63) is 82.5 Å². The van der Waals surface area contributed by atoms with E-state index in [1.165, 1.54) is 11.8 Å². The predicted octanol–water partition coefficient (Wildman–Crippen LogP) is 5.79. The van der Waals surface area contributed by atoms with Crippen molar-refractivity contribution in [3.63, 3.8) is 0 Å². The second-order valence-electron chi connectivity index (χ2n) is 4.83. The molecule has 0 saturated heterocycles. The van der Waals surface area contributed by atoms with Crippen LogP contribution in [0.2, 0.25) is 10.0 Å². The number of hydrogen-bond acceptors (Lipinski definition) is 3. The first-order valence-electron chi connectivity index (χ1n) is 7.08. The van der Waals surface area contributed by atoms with Crippen LogP contribution in [0.1, 0.15) is 10.4 Å². The van der Waals surface area contributed by atoms with Gasteiger partial charge in [-0.25, -0.2) is 4.98 Å². The molecule has 0 aliphatic carbocycles. The molecule has 2 aromatic carbocycles. The minimum atomic E-state index is -0.286. The summed E-state index contributed by atoms with van der Waals surface area (Å²) in [5, 5.41) is 4.11. The normalized spacial score (nSPS) is 10.4. The van der Waals surface area contributed by atoms with Crippen LogP contribution in [0.5, 0.6) is 0 Å². The molecule has 3 rings (SSSR count). The summed E-state index contributed by atoms with van der Waals surface area (Å²) in [5.41, 5.74) is 0.941. The third-order valence-electron chi connectivity index (χ3n) is 3.17. The van der Waals surface area contributed by atoms with Crippen LogP contribution in [0.25, 0.3) is 0 Å². The van der Waals surface area contributed by atoms with Crippen LogP contribution in [0, 0.1) is 0 Å². The summed E-state index contributed by atoms with van der Waals surface area (Å²) < 4.78 is 0. The van der Waals surface area contributed by atoms with Crippen molar-refractivity contribution >= 4 is 46.6 Å². The standard InChI is InChI=1S/C18H12Cl2N2OS/c19-14-9-4-10-15(16(14)20)22-17(23)13-8-5-11-21-18(13)24-12-6-2-1-3-7-12/h1-11H,(H,22,23). The fourth-order valence-electron chi connectivity index (χ4n) is 2.04. The Morgan fingerprint density at radius 3 is 2.54 bits per heavy atom. The van der Waals surface area contributed by atoms with Crippen molar-refractivity contribution < 1.29 is 4.79 Å². The largest absolute Gasteiger partial charge is 0.320 e. The Labute approximate surface area is 154 Å². The molecule has 0 saturated carbocycles. The quantitative estimate of drug-likeness (QED) is 0.627. The van der Waals surface area contributed by atoms with E-state index in [4.69, 9.17) is 23.2 Å². The van der Waals surface area contributed by atoms with E-state index < -0.39 is 0 Å². The van der Waals surface area contributed by atoms with Crippen molar-refractivity contribution in [3.8, 4) is 0 Å². The fourth-order valence-corrected chi connectivity index (χ4v) is 3.28. The zero-order valence-electron chi connectivity index (χ0n) is 12.4.